The van der Waals surface area contributed by atoms with Crippen molar-refractivity contribution in [1.82, 2.24) is 4.90 Å². The van der Waals surface area contributed by atoms with Crippen LogP contribution in [0.3, 0.4) is 0 Å². The molecular formula is C13H17N. The van der Waals surface area contributed by atoms with E-state index in [0.29, 0.717) is 0 Å². The molecule has 0 amide bonds. The first-order valence-electron chi connectivity index (χ1n) is 5.27. The van der Waals surface area contributed by atoms with E-state index in [4.69, 9.17) is 0 Å². The molecule has 2 rings (SSSR count). The molecule has 1 heterocycles. The van der Waals surface area contributed by atoms with Crippen molar-refractivity contribution in [2.45, 2.75) is 19.9 Å². The molecule has 0 radical (unpaired) electrons. The number of hydrogen-bond donors (Lipinski definition) is 0. The van der Waals surface area contributed by atoms with E-state index >= 15 is 0 Å². The lowest BCUT2D eigenvalue weighted by Gasteiger charge is -2.22. The fourth-order valence-corrected chi connectivity index (χ4v) is 1.79. The predicted molar refractivity (Wildman–Crippen MR) is 60.2 cm³/mol. The fraction of sp³-hybridized carbons (Fsp3) is 0.385. The van der Waals surface area contributed by atoms with Crippen LogP contribution in [0, 0.1) is 6.92 Å². The second kappa shape index (κ2) is 4.43. The first-order chi connectivity index (χ1) is 6.84. The van der Waals surface area contributed by atoms with E-state index < -0.39 is 0 Å². The highest BCUT2D eigenvalue weighted by atomic mass is 15.1. The zero-order valence-electron chi connectivity index (χ0n) is 8.74. The molecule has 0 bridgehead atoms. The van der Waals surface area contributed by atoms with Gasteiger partial charge >= 0.3 is 0 Å². The molecule has 0 aliphatic carbocycles. The maximum Gasteiger partial charge on any atom is 0.0237 e. The van der Waals surface area contributed by atoms with Crippen LogP contribution in [0.15, 0.2) is 36.4 Å². The van der Waals surface area contributed by atoms with Gasteiger partial charge in [-0.15, -0.1) is 0 Å². The Morgan fingerprint density at radius 1 is 1.14 bits per heavy atom. The first-order valence-corrected chi connectivity index (χ1v) is 5.27. The monoisotopic (exact) mass is 187 g/mol. The molecule has 0 saturated heterocycles. The Kier molecular flexibility index (Phi) is 3.00. The SMILES string of the molecule is Cc1ccc(CN2CC=CCC2)cc1. The molecule has 1 aromatic carbocycles. The summed E-state index contributed by atoms with van der Waals surface area (Å²) in [5, 5.41) is 0. The van der Waals surface area contributed by atoms with Gasteiger partial charge in [0.2, 0.25) is 0 Å². The fourth-order valence-electron chi connectivity index (χ4n) is 1.79. The Balaban J connectivity index is 1.96. The second-order valence-corrected chi connectivity index (χ2v) is 3.98. The smallest absolute Gasteiger partial charge is 0.0237 e. The molecule has 0 unspecified atom stereocenters. The minimum atomic E-state index is 1.09. The molecule has 0 spiro atoms. The van der Waals surface area contributed by atoms with Crippen molar-refractivity contribution in [3.8, 4) is 0 Å². The van der Waals surface area contributed by atoms with Crippen LogP contribution in [0.1, 0.15) is 17.5 Å². The molecule has 1 heteroatoms. The van der Waals surface area contributed by atoms with Gasteiger partial charge < -0.3 is 0 Å². The van der Waals surface area contributed by atoms with Crippen LogP contribution in [0.5, 0.6) is 0 Å². The summed E-state index contributed by atoms with van der Waals surface area (Å²) in [6.07, 6.45) is 5.73. The van der Waals surface area contributed by atoms with Crippen molar-refractivity contribution in [2.75, 3.05) is 13.1 Å². The Bertz CT molecular complexity index is 311. The van der Waals surface area contributed by atoms with E-state index in [1.54, 1.807) is 0 Å². The minimum absolute atomic E-state index is 1.09. The lowest BCUT2D eigenvalue weighted by Crippen LogP contribution is -2.26. The van der Waals surface area contributed by atoms with Crippen molar-refractivity contribution in [3.05, 3.63) is 47.5 Å². The normalized spacial score (nSPS) is 17.2. The summed E-state index contributed by atoms with van der Waals surface area (Å²) in [5.74, 6) is 0. The van der Waals surface area contributed by atoms with Crippen LogP contribution in [0.2, 0.25) is 0 Å². The third-order valence-corrected chi connectivity index (χ3v) is 2.67. The van der Waals surface area contributed by atoms with Crippen molar-refractivity contribution in [1.29, 1.82) is 0 Å². The van der Waals surface area contributed by atoms with E-state index in [2.05, 4.69) is 48.2 Å². The summed E-state index contributed by atoms with van der Waals surface area (Å²) in [6, 6.07) is 8.84. The minimum Gasteiger partial charge on any atom is -0.295 e. The zero-order chi connectivity index (χ0) is 9.80. The molecule has 1 nitrogen and oxygen atoms in total. The summed E-state index contributed by atoms with van der Waals surface area (Å²) < 4.78 is 0. The number of nitrogens with zero attached hydrogens (tertiary/aromatic N) is 1. The van der Waals surface area contributed by atoms with Crippen LogP contribution in [-0.4, -0.2) is 18.0 Å². The van der Waals surface area contributed by atoms with Gasteiger partial charge in [-0.05, 0) is 18.9 Å². The van der Waals surface area contributed by atoms with Crippen molar-refractivity contribution < 1.29 is 0 Å². The summed E-state index contributed by atoms with van der Waals surface area (Å²) >= 11 is 0. The third kappa shape index (κ3) is 2.46. The molecule has 0 saturated carbocycles. The maximum absolute atomic E-state index is 2.48. The van der Waals surface area contributed by atoms with E-state index in [1.165, 1.54) is 24.1 Å². The van der Waals surface area contributed by atoms with Crippen LogP contribution in [0.4, 0.5) is 0 Å². The maximum atomic E-state index is 2.48. The van der Waals surface area contributed by atoms with E-state index in [0.717, 1.165) is 13.1 Å². The Morgan fingerprint density at radius 2 is 1.93 bits per heavy atom. The van der Waals surface area contributed by atoms with Crippen molar-refractivity contribution in [3.63, 3.8) is 0 Å². The lowest BCUT2D eigenvalue weighted by molar-refractivity contribution is 0.291. The van der Waals surface area contributed by atoms with E-state index in [1.807, 2.05) is 0 Å². The largest absolute Gasteiger partial charge is 0.295 e. The Labute approximate surface area is 86.1 Å². The summed E-state index contributed by atoms with van der Waals surface area (Å²) in [7, 11) is 0. The quantitative estimate of drug-likeness (QED) is 0.643. The Hall–Kier alpha value is -1.08. The van der Waals surface area contributed by atoms with Gasteiger partial charge in [0.1, 0.15) is 0 Å². The topological polar surface area (TPSA) is 3.24 Å². The molecule has 1 aliphatic rings. The summed E-state index contributed by atoms with van der Waals surface area (Å²) in [6.45, 7) is 5.52. The number of benzene rings is 1. The molecule has 0 N–H and O–H groups in total. The van der Waals surface area contributed by atoms with E-state index in [9.17, 15) is 0 Å². The molecule has 14 heavy (non-hydrogen) atoms. The van der Waals surface area contributed by atoms with Gasteiger partial charge in [-0.1, -0.05) is 42.0 Å². The van der Waals surface area contributed by atoms with Gasteiger partial charge in [0.05, 0.1) is 0 Å². The van der Waals surface area contributed by atoms with Gasteiger partial charge in [-0.2, -0.15) is 0 Å². The van der Waals surface area contributed by atoms with Crippen molar-refractivity contribution in [2.24, 2.45) is 0 Å². The van der Waals surface area contributed by atoms with Crippen molar-refractivity contribution >= 4 is 0 Å². The van der Waals surface area contributed by atoms with Crippen LogP contribution in [-0.2, 0) is 6.54 Å². The van der Waals surface area contributed by atoms with Crippen LogP contribution >= 0.6 is 0 Å². The average Bonchev–Trinajstić information content (AvgIpc) is 2.23. The predicted octanol–water partition coefficient (Wildman–Crippen LogP) is 2.76. The molecule has 1 aromatic rings. The third-order valence-electron chi connectivity index (χ3n) is 2.67. The summed E-state index contributed by atoms with van der Waals surface area (Å²) in [5.41, 5.74) is 2.76. The zero-order valence-corrected chi connectivity index (χ0v) is 8.74. The van der Waals surface area contributed by atoms with Crippen LogP contribution in [0.25, 0.3) is 0 Å². The van der Waals surface area contributed by atoms with Gasteiger partial charge in [0.25, 0.3) is 0 Å². The number of rotatable bonds is 2. The summed E-state index contributed by atoms with van der Waals surface area (Å²) in [4.78, 5) is 2.48. The highest BCUT2D eigenvalue weighted by Gasteiger charge is 2.05. The highest BCUT2D eigenvalue weighted by molar-refractivity contribution is 5.21. The second-order valence-electron chi connectivity index (χ2n) is 3.98. The average molecular weight is 187 g/mol. The Morgan fingerprint density at radius 3 is 2.57 bits per heavy atom. The molecule has 74 valence electrons. The number of aryl methyl sites for hydroxylation is 1. The lowest BCUT2D eigenvalue weighted by atomic mass is 10.1. The molecule has 0 aromatic heterocycles. The van der Waals surface area contributed by atoms with Gasteiger partial charge in [0.15, 0.2) is 0 Å². The standard InChI is InChI=1S/C13H17N/c1-12-5-7-13(8-6-12)11-14-9-3-2-4-10-14/h2-3,5-8H,4,9-11H2,1H3. The molecule has 0 fully saturated rings. The highest BCUT2D eigenvalue weighted by Crippen LogP contribution is 2.09. The molecule has 0 atom stereocenters. The van der Waals surface area contributed by atoms with Gasteiger partial charge in [-0.3, -0.25) is 4.90 Å². The molecule has 1 aliphatic heterocycles. The van der Waals surface area contributed by atoms with Gasteiger partial charge in [0, 0.05) is 19.6 Å². The molecular weight excluding hydrogens is 170 g/mol. The van der Waals surface area contributed by atoms with E-state index in [-0.39, 0.29) is 0 Å². The number of hydrogen-bond acceptors (Lipinski definition) is 1. The van der Waals surface area contributed by atoms with Gasteiger partial charge in [-0.25, -0.2) is 0 Å². The van der Waals surface area contributed by atoms with Crippen LogP contribution < -0.4 is 0 Å². The first kappa shape index (κ1) is 9.47.